The van der Waals surface area contributed by atoms with Crippen molar-refractivity contribution in [2.75, 3.05) is 13.2 Å². The van der Waals surface area contributed by atoms with E-state index in [4.69, 9.17) is 9.47 Å². The minimum Gasteiger partial charge on any atom is -0.462 e. The van der Waals surface area contributed by atoms with Crippen molar-refractivity contribution in [2.45, 2.75) is 40.5 Å². The van der Waals surface area contributed by atoms with Crippen molar-refractivity contribution in [3.8, 4) is 0 Å². The van der Waals surface area contributed by atoms with Gasteiger partial charge in [0.1, 0.15) is 5.57 Å². The van der Waals surface area contributed by atoms with Gasteiger partial charge in [-0.3, -0.25) is 0 Å². The lowest BCUT2D eigenvalue weighted by atomic mass is 10.0. The standard InChI is InChI=1S/C12H20O4/c1-5-9(6-2)10(11(13)15-7-3)12(14)16-8-4/h5-8H2,1-4H3. The molecule has 0 aliphatic carbocycles. The number of allylic oxidation sites excluding steroid dienone is 1. The molecule has 0 radical (unpaired) electrons. The molecule has 0 N–H and O–H groups in total. The van der Waals surface area contributed by atoms with Crippen LogP contribution < -0.4 is 0 Å². The van der Waals surface area contributed by atoms with E-state index in [2.05, 4.69) is 0 Å². The lowest BCUT2D eigenvalue weighted by Crippen LogP contribution is -2.20. The third-order valence-corrected chi connectivity index (χ3v) is 2.17. The van der Waals surface area contributed by atoms with Crippen LogP contribution in [0.3, 0.4) is 0 Å². The highest BCUT2D eigenvalue weighted by atomic mass is 16.6. The zero-order valence-electron chi connectivity index (χ0n) is 10.5. The Balaban J connectivity index is 5.11. The summed E-state index contributed by atoms with van der Waals surface area (Å²) in [5, 5.41) is 0. The van der Waals surface area contributed by atoms with Crippen molar-refractivity contribution in [3.63, 3.8) is 0 Å². The Morgan fingerprint density at radius 1 is 0.812 bits per heavy atom. The zero-order chi connectivity index (χ0) is 12.6. The van der Waals surface area contributed by atoms with Crippen LogP contribution >= 0.6 is 0 Å². The van der Waals surface area contributed by atoms with E-state index in [0.29, 0.717) is 12.8 Å². The van der Waals surface area contributed by atoms with Gasteiger partial charge in [0.05, 0.1) is 13.2 Å². The Kier molecular flexibility index (Phi) is 7.25. The molecule has 0 fully saturated rings. The summed E-state index contributed by atoms with van der Waals surface area (Å²) >= 11 is 0. The first-order valence-corrected chi connectivity index (χ1v) is 5.68. The summed E-state index contributed by atoms with van der Waals surface area (Å²) in [6.07, 6.45) is 1.28. The number of rotatable bonds is 6. The normalized spacial score (nSPS) is 9.50. The molecule has 0 aromatic rings. The van der Waals surface area contributed by atoms with Gasteiger partial charge in [0.25, 0.3) is 0 Å². The third-order valence-electron chi connectivity index (χ3n) is 2.17. The topological polar surface area (TPSA) is 52.6 Å². The molecule has 0 aromatic carbocycles. The highest BCUT2D eigenvalue weighted by Gasteiger charge is 2.24. The van der Waals surface area contributed by atoms with Crippen molar-refractivity contribution < 1.29 is 19.1 Å². The van der Waals surface area contributed by atoms with Crippen LogP contribution in [0.2, 0.25) is 0 Å². The Hall–Kier alpha value is -1.32. The molecule has 0 aliphatic heterocycles. The molecule has 92 valence electrons. The SMILES string of the molecule is CCOC(=O)C(C(=O)OCC)=C(CC)CC. The number of esters is 2. The molecule has 4 nitrogen and oxygen atoms in total. The minimum absolute atomic E-state index is 0.0636. The lowest BCUT2D eigenvalue weighted by molar-refractivity contribution is -0.146. The lowest BCUT2D eigenvalue weighted by Gasteiger charge is -2.10. The van der Waals surface area contributed by atoms with Crippen LogP contribution in [0, 0.1) is 0 Å². The molecule has 0 rings (SSSR count). The molecule has 4 heteroatoms. The maximum atomic E-state index is 11.6. The third kappa shape index (κ3) is 4.04. The van der Waals surface area contributed by atoms with Gasteiger partial charge >= 0.3 is 11.9 Å². The molecule has 0 bridgehead atoms. The van der Waals surface area contributed by atoms with Gasteiger partial charge < -0.3 is 9.47 Å². The first-order chi connectivity index (χ1) is 7.62. The molecule has 0 heterocycles. The first-order valence-electron chi connectivity index (χ1n) is 5.68. The predicted molar refractivity (Wildman–Crippen MR) is 60.9 cm³/mol. The second kappa shape index (κ2) is 7.91. The van der Waals surface area contributed by atoms with Crippen molar-refractivity contribution in [1.29, 1.82) is 0 Å². The Morgan fingerprint density at radius 2 is 1.19 bits per heavy atom. The first kappa shape index (κ1) is 14.7. The smallest absolute Gasteiger partial charge is 0.345 e. The van der Waals surface area contributed by atoms with Crippen LogP contribution in [0.15, 0.2) is 11.1 Å². The number of ether oxygens (including phenoxy) is 2. The van der Waals surface area contributed by atoms with Gasteiger partial charge in [-0.05, 0) is 32.3 Å². The van der Waals surface area contributed by atoms with Crippen LogP contribution in [-0.2, 0) is 19.1 Å². The average Bonchev–Trinajstić information content (AvgIpc) is 2.25. The summed E-state index contributed by atoms with van der Waals surface area (Å²) in [4.78, 5) is 23.3. The molecule has 0 saturated heterocycles. The largest absolute Gasteiger partial charge is 0.462 e. The molecule has 0 atom stereocenters. The van der Waals surface area contributed by atoms with E-state index in [0.717, 1.165) is 5.57 Å². The zero-order valence-corrected chi connectivity index (χ0v) is 10.5. The maximum absolute atomic E-state index is 11.6. The van der Waals surface area contributed by atoms with E-state index in [-0.39, 0.29) is 18.8 Å². The van der Waals surface area contributed by atoms with Crippen molar-refractivity contribution in [2.24, 2.45) is 0 Å². The predicted octanol–water partition coefficient (Wildman–Crippen LogP) is 2.23. The summed E-state index contributed by atoms with van der Waals surface area (Å²) in [5.74, 6) is -1.17. The number of hydrogen-bond acceptors (Lipinski definition) is 4. The number of carbonyl (C=O) groups excluding carboxylic acids is 2. The fourth-order valence-electron chi connectivity index (χ4n) is 1.38. The van der Waals surface area contributed by atoms with Crippen LogP contribution in [0.1, 0.15) is 40.5 Å². The second-order valence-corrected chi connectivity index (χ2v) is 3.13. The Morgan fingerprint density at radius 3 is 1.44 bits per heavy atom. The molecule has 0 aromatic heterocycles. The number of carbonyl (C=O) groups is 2. The van der Waals surface area contributed by atoms with Gasteiger partial charge in [-0.2, -0.15) is 0 Å². The van der Waals surface area contributed by atoms with Gasteiger partial charge in [0, 0.05) is 0 Å². The van der Waals surface area contributed by atoms with E-state index in [1.807, 2.05) is 13.8 Å². The maximum Gasteiger partial charge on any atom is 0.345 e. The van der Waals surface area contributed by atoms with Crippen molar-refractivity contribution in [3.05, 3.63) is 11.1 Å². The van der Waals surface area contributed by atoms with Crippen molar-refractivity contribution in [1.82, 2.24) is 0 Å². The molecule has 16 heavy (non-hydrogen) atoms. The van der Waals surface area contributed by atoms with Crippen molar-refractivity contribution >= 4 is 11.9 Å². The average molecular weight is 228 g/mol. The number of hydrogen-bond donors (Lipinski definition) is 0. The summed E-state index contributed by atoms with van der Waals surface area (Å²) in [5.41, 5.74) is 0.839. The van der Waals surface area contributed by atoms with Gasteiger partial charge in [0.15, 0.2) is 0 Å². The summed E-state index contributed by atoms with van der Waals surface area (Å²) in [7, 11) is 0. The molecule has 0 spiro atoms. The van der Waals surface area contributed by atoms with Gasteiger partial charge in [-0.25, -0.2) is 9.59 Å². The molecular formula is C12H20O4. The summed E-state index contributed by atoms with van der Waals surface area (Å²) in [6, 6.07) is 0. The van der Waals surface area contributed by atoms with E-state index in [1.54, 1.807) is 13.8 Å². The van der Waals surface area contributed by atoms with Crippen LogP contribution in [0.5, 0.6) is 0 Å². The second-order valence-electron chi connectivity index (χ2n) is 3.13. The fourth-order valence-corrected chi connectivity index (χ4v) is 1.38. The monoisotopic (exact) mass is 228 g/mol. The van der Waals surface area contributed by atoms with Gasteiger partial charge in [-0.1, -0.05) is 13.8 Å². The molecule has 0 unspecified atom stereocenters. The van der Waals surface area contributed by atoms with E-state index in [9.17, 15) is 9.59 Å². The van der Waals surface area contributed by atoms with E-state index < -0.39 is 11.9 Å². The van der Waals surface area contributed by atoms with Crippen LogP contribution in [0.4, 0.5) is 0 Å². The Labute approximate surface area is 96.6 Å². The van der Waals surface area contributed by atoms with Crippen LogP contribution in [-0.4, -0.2) is 25.2 Å². The summed E-state index contributed by atoms with van der Waals surface area (Å²) < 4.78 is 9.72. The highest BCUT2D eigenvalue weighted by molar-refractivity contribution is 6.14. The van der Waals surface area contributed by atoms with E-state index in [1.165, 1.54) is 0 Å². The van der Waals surface area contributed by atoms with Gasteiger partial charge in [0.2, 0.25) is 0 Å². The summed E-state index contributed by atoms with van der Waals surface area (Å²) in [6.45, 7) is 7.72. The van der Waals surface area contributed by atoms with Crippen LogP contribution in [0.25, 0.3) is 0 Å². The molecular weight excluding hydrogens is 208 g/mol. The Bertz CT molecular complexity index is 253. The fraction of sp³-hybridized carbons (Fsp3) is 0.667. The van der Waals surface area contributed by atoms with E-state index >= 15 is 0 Å². The molecule has 0 amide bonds. The van der Waals surface area contributed by atoms with Gasteiger partial charge in [-0.15, -0.1) is 0 Å². The quantitative estimate of drug-likeness (QED) is 0.303. The highest BCUT2D eigenvalue weighted by Crippen LogP contribution is 2.16. The minimum atomic E-state index is -0.584. The molecule has 0 aliphatic rings. The molecule has 0 saturated carbocycles.